The van der Waals surface area contributed by atoms with Crippen LogP contribution in [-0.4, -0.2) is 64.9 Å². The van der Waals surface area contributed by atoms with E-state index < -0.39 is 12.8 Å². The first-order chi connectivity index (χ1) is 14.9. The highest BCUT2D eigenvalue weighted by Gasteiger charge is 2.29. The zero-order chi connectivity index (χ0) is 22.5. The van der Waals surface area contributed by atoms with Gasteiger partial charge in [0, 0.05) is 26.3 Å². The monoisotopic (exact) mass is 575 g/mol. The second-order valence-electron chi connectivity index (χ2n) is 7.07. The molecule has 1 heterocycles. The molecule has 1 aromatic carbocycles. The van der Waals surface area contributed by atoms with Gasteiger partial charge in [-0.2, -0.15) is 13.2 Å². The van der Waals surface area contributed by atoms with Gasteiger partial charge < -0.3 is 29.6 Å². The number of nitrogens with zero attached hydrogens (tertiary/aromatic N) is 1. The predicted octanol–water partition coefficient (Wildman–Crippen LogP) is 3.90. The molecule has 1 fully saturated rings. The molecule has 2 N–H and O–H groups in total. The molecule has 0 aromatic heterocycles. The highest BCUT2D eigenvalue weighted by Crippen LogP contribution is 2.30. The summed E-state index contributed by atoms with van der Waals surface area (Å²) in [4.78, 5) is 4.51. The summed E-state index contributed by atoms with van der Waals surface area (Å²) in [5.41, 5.74) is 0.785. The molecule has 2 rings (SSSR count). The van der Waals surface area contributed by atoms with Gasteiger partial charge in [0.05, 0.1) is 26.4 Å². The summed E-state index contributed by atoms with van der Waals surface area (Å²) in [7, 11) is 1.38. The number of guanidine groups is 1. The Balaban J connectivity index is 0.00000512. The number of nitrogens with one attached hydrogen (secondary N) is 2. The lowest BCUT2D eigenvalue weighted by molar-refractivity contribution is -0.153. The van der Waals surface area contributed by atoms with E-state index >= 15 is 0 Å². The molecule has 7 nitrogen and oxygen atoms in total. The maximum atomic E-state index is 12.4. The molecule has 0 spiro atoms. The van der Waals surface area contributed by atoms with Gasteiger partial charge in [-0.05, 0) is 43.9 Å². The van der Waals surface area contributed by atoms with Crippen molar-refractivity contribution in [1.82, 2.24) is 10.6 Å². The zero-order valence-electron chi connectivity index (χ0n) is 18.5. The molecule has 1 saturated heterocycles. The van der Waals surface area contributed by atoms with Crippen LogP contribution in [0.1, 0.15) is 31.7 Å². The van der Waals surface area contributed by atoms with Gasteiger partial charge in [-0.1, -0.05) is 6.07 Å². The average molecular weight is 575 g/mol. The summed E-state index contributed by atoms with van der Waals surface area (Å²) in [5.74, 6) is 0.928. The molecule has 0 aliphatic carbocycles. The standard InChI is InChI=1S/C21H32F3N3O4.HI/c1-3-25-20(26-9-5-10-29-14-17-6-4-11-30-17)27-13-16-7-8-18(19(12-16)28-2)31-15-21(22,23)24;/h7-8,12,17H,3-6,9-11,13-15H2,1-2H3,(H2,25,26,27);1H. The number of methoxy groups -OCH3 is 1. The second-order valence-corrected chi connectivity index (χ2v) is 7.07. The van der Waals surface area contributed by atoms with Crippen LogP contribution in [0.3, 0.4) is 0 Å². The van der Waals surface area contributed by atoms with E-state index in [0.717, 1.165) is 31.4 Å². The molecule has 1 aliphatic heterocycles. The fraction of sp³-hybridized carbons (Fsp3) is 0.667. The first-order valence-electron chi connectivity index (χ1n) is 10.5. The SMILES string of the molecule is CCNC(=NCc1ccc(OCC(F)(F)F)c(OC)c1)NCCCOCC1CCCO1.I. The van der Waals surface area contributed by atoms with E-state index in [0.29, 0.717) is 38.8 Å². The topological polar surface area (TPSA) is 73.3 Å². The molecule has 32 heavy (non-hydrogen) atoms. The van der Waals surface area contributed by atoms with E-state index in [4.69, 9.17) is 18.9 Å². The van der Waals surface area contributed by atoms with Crippen molar-refractivity contribution >= 4 is 29.9 Å². The van der Waals surface area contributed by atoms with E-state index in [9.17, 15) is 13.2 Å². The normalized spacial score (nSPS) is 16.4. The van der Waals surface area contributed by atoms with Crippen molar-refractivity contribution in [2.75, 3.05) is 46.6 Å². The van der Waals surface area contributed by atoms with Crippen LogP contribution in [0.5, 0.6) is 11.5 Å². The van der Waals surface area contributed by atoms with Crippen LogP contribution in [0, 0.1) is 0 Å². The highest BCUT2D eigenvalue weighted by molar-refractivity contribution is 14.0. The highest BCUT2D eigenvalue weighted by atomic mass is 127. The number of rotatable bonds is 12. The van der Waals surface area contributed by atoms with Crippen molar-refractivity contribution < 1.29 is 32.1 Å². The van der Waals surface area contributed by atoms with Crippen LogP contribution in [0.15, 0.2) is 23.2 Å². The maximum absolute atomic E-state index is 12.4. The quantitative estimate of drug-likeness (QED) is 0.171. The van der Waals surface area contributed by atoms with Crippen molar-refractivity contribution in [2.45, 2.75) is 45.0 Å². The van der Waals surface area contributed by atoms with Gasteiger partial charge in [0.25, 0.3) is 0 Å². The Bertz CT molecular complexity index is 687. The number of hydrogen-bond acceptors (Lipinski definition) is 5. The minimum absolute atomic E-state index is 0. The number of ether oxygens (including phenoxy) is 4. The van der Waals surface area contributed by atoms with Gasteiger partial charge in [-0.3, -0.25) is 0 Å². The van der Waals surface area contributed by atoms with E-state index in [1.807, 2.05) is 6.92 Å². The van der Waals surface area contributed by atoms with Crippen molar-refractivity contribution in [3.8, 4) is 11.5 Å². The van der Waals surface area contributed by atoms with E-state index in [1.165, 1.54) is 13.2 Å². The third-order valence-corrected chi connectivity index (χ3v) is 4.47. The van der Waals surface area contributed by atoms with Crippen molar-refractivity contribution in [3.05, 3.63) is 23.8 Å². The van der Waals surface area contributed by atoms with Crippen molar-refractivity contribution in [3.63, 3.8) is 0 Å². The number of aliphatic imine (C=N–C) groups is 1. The van der Waals surface area contributed by atoms with Crippen LogP contribution in [0.4, 0.5) is 13.2 Å². The Morgan fingerprint density at radius 1 is 1.25 bits per heavy atom. The van der Waals surface area contributed by atoms with Crippen LogP contribution >= 0.6 is 24.0 Å². The van der Waals surface area contributed by atoms with Crippen molar-refractivity contribution in [2.24, 2.45) is 4.99 Å². The number of alkyl halides is 3. The van der Waals surface area contributed by atoms with Gasteiger partial charge in [0.2, 0.25) is 0 Å². The summed E-state index contributed by atoms with van der Waals surface area (Å²) in [6, 6.07) is 4.75. The molecule has 0 amide bonds. The fourth-order valence-corrected chi connectivity index (χ4v) is 2.97. The lowest BCUT2D eigenvalue weighted by atomic mass is 10.2. The molecule has 11 heteroatoms. The van der Waals surface area contributed by atoms with E-state index in [1.54, 1.807) is 12.1 Å². The fourth-order valence-electron chi connectivity index (χ4n) is 2.97. The Morgan fingerprint density at radius 3 is 2.72 bits per heavy atom. The lowest BCUT2D eigenvalue weighted by Crippen LogP contribution is -2.38. The van der Waals surface area contributed by atoms with Crippen molar-refractivity contribution in [1.29, 1.82) is 0 Å². The van der Waals surface area contributed by atoms with Crippen LogP contribution in [0.2, 0.25) is 0 Å². The Morgan fingerprint density at radius 2 is 2.06 bits per heavy atom. The zero-order valence-corrected chi connectivity index (χ0v) is 20.8. The Kier molecular flexibility index (Phi) is 13.7. The summed E-state index contributed by atoms with van der Waals surface area (Å²) in [6.45, 7) is 4.44. The summed E-state index contributed by atoms with van der Waals surface area (Å²) in [6.07, 6.45) is -1.18. The average Bonchev–Trinajstić information content (AvgIpc) is 3.26. The lowest BCUT2D eigenvalue weighted by Gasteiger charge is -2.14. The molecule has 1 aliphatic rings. The first-order valence-corrected chi connectivity index (χ1v) is 10.5. The Hall–Kier alpha value is -1.47. The number of halogens is 4. The number of benzene rings is 1. The van der Waals surface area contributed by atoms with Crippen LogP contribution in [0.25, 0.3) is 0 Å². The van der Waals surface area contributed by atoms with E-state index in [2.05, 4.69) is 15.6 Å². The molecule has 184 valence electrons. The smallest absolute Gasteiger partial charge is 0.422 e. The van der Waals surface area contributed by atoms with Crippen LogP contribution in [-0.2, 0) is 16.0 Å². The first kappa shape index (κ1) is 28.6. The van der Waals surface area contributed by atoms with Crippen LogP contribution < -0.4 is 20.1 Å². The molecular weight excluding hydrogens is 542 g/mol. The molecule has 0 saturated carbocycles. The second kappa shape index (κ2) is 15.4. The van der Waals surface area contributed by atoms with Gasteiger partial charge in [-0.15, -0.1) is 24.0 Å². The third kappa shape index (κ3) is 11.4. The minimum Gasteiger partial charge on any atom is -0.493 e. The molecule has 0 radical (unpaired) electrons. The van der Waals surface area contributed by atoms with Gasteiger partial charge >= 0.3 is 6.18 Å². The number of hydrogen-bond donors (Lipinski definition) is 2. The summed E-state index contributed by atoms with van der Waals surface area (Å²) >= 11 is 0. The summed E-state index contributed by atoms with van der Waals surface area (Å²) in [5, 5.41) is 6.41. The van der Waals surface area contributed by atoms with Gasteiger partial charge in [0.15, 0.2) is 24.1 Å². The Labute approximate surface area is 204 Å². The van der Waals surface area contributed by atoms with Gasteiger partial charge in [0.1, 0.15) is 0 Å². The predicted molar refractivity (Wildman–Crippen MR) is 127 cm³/mol. The van der Waals surface area contributed by atoms with E-state index in [-0.39, 0.29) is 41.6 Å². The molecule has 1 unspecified atom stereocenters. The molecule has 0 bridgehead atoms. The minimum atomic E-state index is -4.41. The molecule has 1 aromatic rings. The summed E-state index contributed by atoms with van der Waals surface area (Å²) < 4.78 is 58.2. The largest absolute Gasteiger partial charge is 0.493 e. The van der Waals surface area contributed by atoms with Gasteiger partial charge in [-0.25, -0.2) is 4.99 Å². The maximum Gasteiger partial charge on any atom is 0.422 e. The molecule has 1 atom stereocenters. The third-order valence-electron chi connectivity index (χ3n) is 4.47. The molecular formula is C21H33F3IN3O4.